The highest BCUT2D eigenvalue weighted by molar-refractivity contribution is 6.42. The molecule has 1 aromatic carbocycles. The van der Waals surface area contributed by atoms with Crippen LogP contribution in [0.1, 0.15) is 40.2 Å². The summed E-state index contributed by atoms with van der Waals surface area (Å²) in [5.41, 5.74) is 6.76. The molecule has 0 unspecified atom stereocenters. The van der Waals surface area contributed by atoms with E-state index in [9.17, 15) is 4.79 Å². The minimum atomic E-state index is -0.539. The SMILES string of the molecule is CC(C)N(Cc1ccc(Cl)c(Cl)c1)C(=O)[C@@H](N)C(C)(C)C. The van der Waals surface area contributed by atoms with Crippen LogP contribution in [0.15, 0.2) is 18.2 Å². The fourth-order valence-corrected chi connectivity index (χ4v) is 2.22. The minimum absolute atomic E-state index is 0.0522. The van der Waals surface area contributed by atoms with Crippen molar-refractivity contribution in [2.75, 3.05) is 0 Å². The zero-order chi connectivity index (χ0) is 16.4. The zero-order valence-corrected chi connectivity index (χ0v) is 14.8. The molecule has 0 saturated heterocycles. The highest BCUT2D eigenvalue weighted by Crippen LogP contribution is 2.25. The van der Waals surface area contributed by atoms with E-state index in [1.54, 1.807) is 17.0 Å². The van der Waals surface area contributed by atoms with Crippen molar-refractivity contribution >= 4 is 29.1 Å². The summed E-state index contributed by atoms with van der Waals surface area (Å²) in [6.07, 6.45) is 0. The molecular weight excluding hydrogens is 307 g/mol. The molecule has 3 nitrogen and oxygen atoms in total. The van der Waals surface area contributed by atoms with E-state index in [0.717, 1.165) is 5.56 Å². The Bertz CT molecular complexity index is 509. The molecule has 5 heteroatoms. The Hall–Kier alpha value is -0.770. The number of rotatable bonds is 4. The Labute approximate surface area is 137 Å². The van der Waals surface area contributed by atoms with Gasteiger partial charge >= 0.3 is 0 Å². The van der Waals surface area contributed by atoms with Gasteiger partial charge in [0.25, 0.3) is 0 Å². The molecule has 21 heavy (non-hydrogen) atoms. The molecule has 0 aliphatic carbocycles. The van der Waals surface area contributed by atoms with Crippen LogP contribution in [0.5, 0.6) is 0 Å². The molecule has 2 N–H and O–H groups in total. The molecule has 1 amide bonds. The normalized spacial score (nSPS) is 13.4. The fourth-order valence-electron chi connectivity index (χ4n) is 1.90. The number of amides is 1. The summed E-state index contributed by atoms with van der Waals surface area (Å²) >= 11 is 12.0. The predicted octanol–water partition coefficient (Wildman–Crippen LogP) is 4.10. The maximum Gasteiger partial charge on any atom is 0.240 e. The standard InChI is InChI=1S/C16H24Cl2N2O/c1-10(2)20(15(21)14(19)16(3,4)5)9-11-6-7-12(17)13(18)8-11/h6-8,10,14H,9,19H2,1-5H3/t14-/m1/s1. The lowest BCUT2D eigenvalue weighted by molar-refractivity contribution is -0.137. The van der Waals surface area contributed by atoms with E-state index >= 15 is 0 Å². The molecule has 0 heterocycles. The van der Waals surface area contributed by atoms with E-state index < -0.39 is 6.04 Å². The summed E-state index contributed by atoms with van der Waals surface area (Å²) in [5, 5.41) is 1.000. The molecular formula is C16H24Cl2N2O. The number of nitrogens with two attached hydrogens (primary N) is 1. The number of hydrogen-bond donors (Lipinski definition) is 1. The first-order valence-corrected chi connectivity index (χ1v) is 7.79. The van der Waals surface area contributed by atoms with E-state index in [0.29, 0.717) is 16.6 Å². The molecule has 0 saturated carbocycles. The van der Waals surface area contributed by atoms with E-state index in [-0.39, 0.29) is 17.4 Å². The van der Waals surface area contributed by atoms with Crippen molar-refractivity contribution in [3.8, 4) is 0 Å². The van der Waals surface area contributed by atoms with E-state index in [1.165, 1.54) is 0 Å². The molecule has 0 spiro atoms. The number of carbonyl (C=O) groups is 1. The Balaban J connectivity index is 2.97. The average Bonchev–Trinajstić information content (AvgIpc) is 2.36. The Morgan fingerprint density at radius 1 is 1.24 bits per heavy atom. The van der Waals surface area contributed by atoms with Gasteiger partial charge in [0.05, 0.1) is 16.1 Å². The summed E-state index contributed by atoms with van der Waals surface area (Å²) in [6, 6.07) is 4.92. The third-order valence-corrected chi connectivity index (χ3v) is 4.18. The fraction of sp³-hybridized carbons (Fsp3) is 0.562. The van der Waals surface area contributed by atoms with Gasteiger partial charge in [0, 0.05) is 12.6 Å². The van der Waals surface area contributed by atoms with Gasteiger partial charge in [0.1, 0.15) is 0 Å². The number of halogens is 2. The second kappa shape index (κ2) is 6.99. The van der Waals surface area contributed by atoms with Gasteiger partial charge in [-0.2, -0.15) is 0 Å². The van der Waals surface area contributed by atoms with Crippen LogP contribution in [-0.4, -0.2) is 22.9 Å². The molecule has 0 aliphatic heterocycles. The van der Waals surface area contributed by atoms with Crippen LogP contribution in [0.3, 0.4) is 0 Å². The van der Waals surface area contributed by atoms with Gasteiger partial charge in [-0.25, -0.2) is 0 Å². The minimum Gasteiger partial charge on any atom is -0.335 e. The zero-order valence-electron chi connectivity index (χ0n) is 13.3. The van der Waals surface area contributed by atoms with Crippen LogP contribution in [0.4, 0.5) is 0 Å². The largest absolute Gasteiger partial charge is 0.335 e. The third-order valence-electron chi connectivity index (χ3n) is 3.44. The second-order valence-electron chi connectivity index (χ2n) is 6.65. The lowest BCUT2D eigenvalue weighted by Gasteiger charge is -2.34. The number of benzene rings is 1. The van der Waals surface area contributed by atoms with Gasteiger partial charge in [-0.05, 0) is 37.0 Å². The third kappa shape index (κ3) is 4.87. The van der Waals surface area contributed by atoms with Crippen molar-refractivity contribution in [3.05, 3.63) is 33.8 Å². The summed E-state index contributed by atoms with van der Waals surface area (Å²) in [6.45, 7) is 10.3. The molecule has 1 atom stereocenters. The summed E-state index contributed by atoms with van der Waals surface area (Å²) in [4.78, 5) is 14.4. The molecule has 1 aromatic rings. The Morgan fingerprint density at radius 3 is 2.24 bits per heavy atom. The number of carbonyl (C=O) groups excluding carboxylic acids is 1. The van der Waals surface area contributed by atoms with Gasteiger partial charge in [-0.3, -0.25) is 4.79 Å². The summed E-state index contributed by atoms with van der Waals surface area (Å²) in [7, 11) is 0. The lowest BCUT2D eigenvalue weighted by Crippen LogP contribution is -2.52. The van der Waals surface area contributed by atoms with Crippen LogP contribution in [0.2, 0.25) is 10.0 Å². The number of nitrogens with zero attached hydrogens (tertiary/aromatic N) is 1. The van der Waals surface area contributed by atoms with Crippen molar-refractivity contribution < 1.29 is 4.79 Å². The molecule has 1 rings (SSSR count). The van der Waals surface area contributed by atoms with Gasteiger partial charge in [0.15, 0.2) is 0 Å². The van der Waals surface area contributed by atoms with Crippen molar-refractivity contribution in [1.29, 1.82) is 0 Å². The van der Waals surface area contributed by atoms with E-state index in [1.807, 2.05) is 40.7 Å². The van der Waals surface area contributed by atoms with Gasteiger partial charge < -0.3 is 10.6 Å². The molecule has 0 radical (unpaired) electrons. The quantitative estimate of drug-likeness (QED) is 0.903. The Morgan fingerprint density at radius 2 is 1.81 bits per heavy atom. The Kier molecular flexibility index (Phi) is 6.09. The molecule has 0 fully saturated rings. The monoisotopic (exact) mass is 330 g/mol. The molecule has 0 bridgehead atoms. The van der Waals surface area contributed by atoms with Gasteiger partial charge in [0.2, 0.25) is 5.91 Å². The van der Waals surface area contributed by atoms with Gasteiger partial charge in [-0.15, -0.1) is 0 Å². The van der Waals surface area contributed by atoms with Gasteiger partial charge in [-0.1, -0.05) is 50.0 Å². The topological polar surface area (TPSA) is 46.3 Å². The predicted molar refractivity (Wildman–Crippen MR) is 89.6 cm³/mol. The first-order chi connectivity index (χ1) is 9.54. The average molecular weight is 331 g/mol. The maximum absolute atomic E-state index is 12.6. The van der Waals surface area contributed by atoms with Crippen LogP contribution >= 0.6 is 23.2 Å². The van der Waals surface area contributed by atoms with Crippen molar-refractivity contribution in [1.82, 2.24) is 4.90 Å². The summed E-state index contributed by atoms with van der Waals surface area (Å²) in [5.74, 6) is -0.0522. The van der Waals surface area contributed by atoms with E-state index in [4.69, 9.17) is 28.9 Å². The molecule has 0 aromatic heterocycles. The van der Waals surface area contributed by atoms with Crippen molar-refractivity contribution in [3.63, 3.8) is 0 Å². The smallest absolute Gasteiger partial charge is 0.240 e. The van der Waals surface area contributed by atoms with Crippen molar-refractivity contribution in [2.45, 2.75) is 53.2 Å². The highest BCUT2D eigenvalue weighted by atomic mass is 35.5. The van der Waals surface area contributed by atoms with E-state index in [2.05, 4.69) is 0 Å². The van der Waals surface area contributed by atoms with Crippen LogP contribution in [0.25, 0.3) is 0 Å². The van der Waals surface area contributed by atoms with Crippen LogP contribution in [0, 0.1) is 5.41 Å². The number of hydrogen-bond acceptors (Lipinski definition) is 2. The maximum atomic E-state index is 12.6. The first kappa shape index (κ1) is 18.3. The highest BCUT2D eigenvalue weighted by Gasteiger charge is 2.32. The van der Waals surface area contributed by atoms with Crippen molar-refractivity contribution in [2.24, 2.45) is 11.1 Å². The summed E-state index contributed by atoms with van der Waals surface area (Å²) < 4.78 is 0. The first-order valence-electron chi connectivity index (χ1n) is 7.04. The lowest BCUT2D eigenvalue weighted by atomic mass is 9.86. The second-order valence-corrected chi connectivity index (χ2v) is 7.47. The van der Waals surface area contributed by atoms with Crippen LogP contribution in [-0.2, 0) is 11.3 Å². The molecule has 118 valence electrons. The van der Waals surface area contributed by atoms with Crippen LogP contribution < -0.4 is 5.73 Å². The molecule has 0 aliphatic rings.